The second-order valence-corrected chi connectivity index (χ2v) is 11.2. The van der Waals surface area contributed by atoms with Gasteiger partial charge in [-0.1, -0.05) is 79.0 Å². The molecule has 1 aromatic heterocycles. The fourth-order valence-electron chi connectivity index (χ4n) is 5.62. The van der Waals surface area contributed by atoms with Crippen LogP contribution in [0.15, 0.2) is 84.9 Å². The third-order valence-corrected chi connectivity index (χ3v) is 8.05. The number of hydrogen-bond donors (Lipinski definition) is 3. The number of nitrogens with zero attached hydrogens (tertiary/aromatic N) is 1. The molecule has 3 N–H and O–H groups in total. The van der Waals surface area contributed by atoms with Gasteiger partial charge in [-0.15, -0.1) is 0 Å². The van der Waals surface area contributed by atoms with E-state index in [4.69, 9.17) is 16.7 Å². The largest absolute Gasteiger partial charge is 0.481 e. The van der Waals surface area contributed by atoms with E-state index in [1.54, 1.807) is 12.1 Å². The number of halogens is 2. The Morgan fingerprint density at radius 3 is 2.28 bits per heavy atom. The molecule has 0 saturated heterocycles. The number of amides is 1. The second-order valence-electron chi connectivity index (χ2n) is 10.8. The van der Waals surface area contributed by atoms with Crippen LogP contribution in [0.1, 0.15) is 70.8 Å². The minimum Gasteiger partial charge on any atom is -0.481 e. The Morgan fingerprint density at radius 1 is 0.953 bits per heavy atom. The fraction of sp³-hybridized carbons (Fsp3) is 0.229. The smallest absolute Gasteiger partial charge is 0.305 e. The summed E-state index contributed by atoms with van der Waals surface area (Å²) in [7, 11) is 0. The summed E-state index contributed by atoms with van der Waals surface area (Å²) in [5, 5.41) is 20.5. The zero-order valence-corrected chi connectivity index (χ0v) is 24.8. The third kappa shape index (κ3) is 6.78. The van der Waals surface area contributed by atoms with Gasteiger partial charge in [-0.3, -0.25) is 14.7 Å². The number of carboxylic acids is 1. The molecule has 0 aliphatic carbocycles. The monoisotopic (exact) mass is 597 g/mol. The van der Waals surface area contributed by atoms with Crippen LogP contribution in [0, 0.1) is 12.7 Å². The van der Waals surface area contributed by atoms with Gasteiger partial charge in [-0.25, -0.2) is 4.39 Å². The molecule has 1 unspecified atom stereocenters. The van der Waals surface area contributed by atoms with Crippen LogP contribution in [-0.2, 0) is 4.79 Å². The molecule has 0 spiro atoms. The molecule has 5 rings (SSSR count). The average Bonchev–Trinajstić information content (AvgIpc) is 3.42. The lowest BCUT2D eigenvalue weighted by molar-refractivity contribution is -0.136. The lowest BCUT2D eigenvalue weighted by Crippen LogP contribution is -2.26. The van der Waals surface area contributed by atoms with Crippen LogP contribution in [0.3, 0.4) is 0 Å². The summed E-state index contributed by atoms with van der Waals surface area (Å²) in [6, 6.07) is 26.6. The number of aryl methyl sites for hydroxylation is 1. The maximum atomic E-state index is 15.5. The van der Waals surface area contributed by atoms with Crippen LogP contribution in [0.5, 0.6) is 0 Å². The van der Waals surface area contributed by atoms with Gasteiger partial charge in [0.15, 0.2) is 5.82 Å². The highest BCUT2D eigenvalue weighted by molar-refractivity contribution is 6.30. The highest BCUT2D eigenvalue weighted by Crippen LogP contribution is 2.44. The van der Waals surface area contributed by atoms with Gasteiger partial charge in [0.1, 0.15) is 5.52 Å². The molecular formula is C35H33ClFN3O3. The molecule has 4 aromatic carbocycles. The Balaban J connectivity index is 1.59. The van der Waals surface area contributed by atoms with E-state index in [0.717, 1.165) is 46.4 Å². The predicted octanol–water partition coefficient (Wildman–Crippen LogP) is 8.25. The average molecular weight is 598 g/mol. The van der Waals surface area contributed by atoms with Gasteiger partial charge in [-0.05, 0) is 77.9 Å². The number of aromatic amines is 1. The number of carboxylic acid groups (broad SMARTS) is 1. The number of aromatic nitrogens is 2. The summed E-state index contributed by atoms with van der Waals surface area (Å²) in [6.45, 7) is 4.20. The molecule has 1 amide bonds. The minimum atomic E-state index is -0.969. The number of nitrogens with one attached hydrogen (secondary N) is 2. The maximum absolute atomic E-state index is 15.5. The second kappa shape index (κ2) is 13.2. The van der Waals surface area contributed by atoms with Crippen molar-refractivity contribution in [1.29, 1.82) is 0 Å². The molecule has 0 aliphatic rings. The van der Waals surface area contributed by atoms with Crippen LogP contribution in [0.4, 0.5) is 4.39 Å². The van der Waals surface area contributed by atoms with E-state index in [0.29, 0.717) is 16.0 Å². The zero-order valence-electron chi connectivity index (χ0n) is 24.0. The predicted molar refractivity (Wildman–Crippen MR) is 168 cm³/mol. The molecule has 8 heteroatoms. The molecule has 1 heterocycles. The number of H-pyrrole nitrogens is 1. The van der Waals surface area contributed by atoms with Crippen LogP contribution >= 0.6 is 11.6 Å². The summed E-state index contributed by atoms with van der Waals surface area (Å²) in [4.78, 5) is 23.4. The van der Waals surface area contributed by atoms with Crippen LogP contribution in [-0.4, -0.2) is 33.7 Å². The molecule has 6 nitrogen and oxygen atoms in total. The topological polar surface area (TPSA) is 95.1 Å². The van der Waals surface area contributed by atoms with E-state index < -0.39 is 11.8 Å². The van der Waals surface area contributed by atoms with Crippen molar-refractivity contribution in [1.82, 2.24) is 15.5 Å². The maximum Gasteiger partial charge on any atom is 0.305 e. The van der Waals surface area contributed by atoms with E-state index in [1.807, 2.05) is 73.7 Å². The lowest BCUT2D eigenvalue weighted by Gasteiger charge is -2.28. The first-order chi connectivity index (χ1) is 20.7. The van der Waals surface area contributed by atoms with E-state index >= 15 is 4.39 Å². The first-order valence-electron chi connectivity index (χ1n) is 14.3. The number of carbonyl (C=O) groups excluding carboxylic acids is 1. The van der Waals surface area contributed by atoms with Crippen molar-refractivity contribution in [3.05, 3.63) is 124 Å². The number of rotatable bonds is 11. The van der Waals surface area contributed by atoms with Crippen molar-refractivity contribution in [3.8, 4) is 11.1 Å². The lowest BCUT2D eigenvalue weighted by atomic mass is 9.76. The van der Waals surface area contributed by atoms with Crippen LogP contribution in [0.2, 0.25) is 5.02 Å². The molecular weight excluding hydrogens is 565 g/mol. The quantitative estimate of drug-likeness (QED) is 0.143. The summed E-state index contributed by atoms with van der Waals surface area (Å²) in [5.74, 6) is -1.94. The Labute approximate surface area is 254 Å². The Kier molecular flexibility index (Phi) is 9.22. The number of carbonyl (C=O) groups is 2. The van der Waals surface area contributed by atoms with Gasteiger partial charge in [-0.2, -0.15) is 5.10 Å². The molecule has 0 fully saturated rings. The van der Waals surface area contributed by atoms with Crippen LogP contribution in [0.25, 0.3) is 22.0 Å². The fourth-order valence-corrected chi connectivity index (χ4v) is 5.74. The Hall–Kier alpha value is -4.49. The first kappa shape index (κ1) is 30.0. The van der Waals surface area contributed by atoms with Gasteiger partial charge in [0.05, 0.1) is 12.1 Å². The van der Waals surface area contributed by atoms with Gasteiger partial charge < -0.3 is 10.4 Å². The molecule has 220 valence electrons. The normalized spacial score (nSPS) is 12.7. The van der Waals surface area contributed by atoms with Crippen molar-refractivity contribution < 1.29 is 19.1 Å². The van der Waals surface area contributed by atoms with E-state index in [1.165, 1.54) is 6.07 Å². The standard InChI is InChI=1S/C35H33ClFN3O3/c1-3-4-28(23-9-11-25(12-10-23)35(43)38-18-17-31(41)42)32(24-13-15-27(36)16-14-24)34-29-19-26(20-30(37)33(29)39-40-34)22-7-5-21(2)6-8-22/h5-16,19-20,28,32H,3-4,17-18H2,1-2H3,(H,38,43)(H,39,40)(H,41,42)/t28-,32?/m1/s1. The highest BCUT2D eigenvalue weighted by Gasteiger charge is 2.30. The van der Waals surface area contributed by atoms with Crippen molar-refractivity contribution in [3.63, 3.8) is 0 Å². The van der Waals surface area contributed by atoms with Gasteiger partial charge in [0.2, 0.25) is 0 Å². The van der Waals surface area contributed by atoms with E-state index in [2.05, 4.69) is 22.4 Å². The zero-order chi connectivity index (χ0) is 30.5. The molecule has 0 radical (unpaired) electrons. The molecule has 0 bridgehead atoms. The van der Waals surface area contributed by atoms with Gasteiger partial charge in [0, 0.05) is 28.4 Å². The van der Waals surface area contributed by atoms with Gasteiger partial charge in [0.25, 0.3) is 5.91 Å². The summed E-state index contributed by atoms with van der Waals surface area (Å²) >= 11 is 6.27. The molecule has 0 aliphatic heterocycles. The molecule has 5 aromatic rings. The van der Waals surface area contributed by atoms with Crippen molar-refractivity contribution in [2.75, 3.05) is 6.54 Å². The third-order valence-electron chi connectivity index (χ3n) is 7.79. The number of fused-ring (bicyclic) bond motifs is 1. The molecule has 0 saturated carbocycles. The SMILES string of the molecule is CCC[C@H](c1ccc(C(=O)NCCC(=O)O)cc1)C(c1ccc(Cl)cc1)c1[nH]nc2c(F)cc(-c3ccc(C)cc3)cc12. The van der Waals surface area contributed by atoms with Gasteiger partial charge >= 0.3 is 5.97 Å². The molecule has 43 heavy (non-hydrogen) atoms. The number of aliphatic carboxylic acids is 1. The van der Waals surface area contributed by atoms with Crippen molar-refractivity contribution in [2.45, 2.75) is 44.9 Å². The Morgan fingerprint density at radius 2 is 1.63 bits per heavy atom. The van der Waals surface area contributed by atoms with E-state index in [-0.39, 0.29) is 36.2 Å². The van der Waals surface area contributed by atoms with Crippen molar-refractivity contribution >= 4 is 34.4 Å². The highest BCUT2D eigenvalue weighted by atomic mass is 35.5. The van der Waals surface area contributed by atoms with Crippen molar-refractivity contribution in [2.24, 2.45) is 0 Å². The first-order valence-corrected chi connectivity index (χ1v) is 14.7. The summed E-state index contributed by atoms with van der Waals surface area (Å²) in [5.41, 5.74) is 6.38. The summed E-state index contributed by atoms with van der Waals surface area (Å²) in [6.07, 6.45) is 1.56. The number of benzene rings is 4. The molecule has 2 atom stereocenters. The van der Waals surface area contributed by atoms with Crippen LogP contribution < -0.4 is 5.32 Å². The Bertz CT molecular complexity index is 1730. The summed E-state index contributed by atoms with van der Waals surface area (Å²) < 4.78 is 15.5. The number of hydrogen-bond acceptors (Lipinski definition) is 3. The van der Waals surface area contributed by atoms with E-state index in [9.17, 15) is 9.59 Å². The minimum absolute atomic E-state index is 0.0370.